The number of rotatable bonds is 8. The van der Waals surface area contributed by atoms with Crippen molar-refractivity contribution in [2.45, 2.75) is 20.1 Å². The van der Waals surface area contributed by atoms with Crippen LogP contribution in [-0.4, -0.2) is 26.8 Å². The van der Waals surface area contributed by atoms with Crippen LogP contribution in [-0.2, 0) is 17.9 Å². The largest absolute Gasteiger partial charge is 0.493 e. The van der Waals surface area contributed by atoms with E-state index >= 15 is 0 Å². The Morgan fingerprint density at radius 3 is 2.44 bits per heavy atom. The van der Waals surface area contributed by atoms with Gasteiger partial charge in [0.15, 0.2) is 17.5 Å². The summed E-state index contributed by atoms with van der Waals surface area (Å²) >= 11 is 0. The molecule has 134 valence electrons. The Morgan fingerprint density at radius 1 is 1.04 bits per heavy atom. The molecule has 6 heteroatoms. The fourth-order valence-corrected chi connectivity index (χ4v) is 2.34. The minimum atomic E-state index is 0.332. The van der Waals surface area contributed by atoms with Crippen molar-refractivity contribution in [1.82, 2.24) is 0 Å². The SMILES string of the molecule is CCOCc1ccccc1CN=C(N)Nc1ccc(OC)c(OC)c1. The molecule has 0 bridgehead atoms. The number of aliphatic imine (C=N–C) groups is 1. The van der Waals surface area contributed by atoms with Gasteiger partial charge in [0, 0.05) is 18.4 Å². The van der Waals surface area contributed by atoms with E-state index in [0.717, 1.165) is 16.8 Å². The van der Waals surface area contributed by atoms with E-state index < -0.39 is 0 Å². The first-order valence-corrected chi connectivity index (χ1v) is 8.11. The molecule has 0 unspecified atom stereocenters. The van der Waals surface area contributed by atoms with Gasteiger partial charge < -0.3 is 25.3 Å². The van der Waals surface area contributed by atoms with Gasteiger partial charge in [-0.15, -0.1) is 0 Å². The number of anilines is 1. The third kappa shape index (κ3) is 5.39. The van der Waals surface area contributed by atoms with Crippen molar-refractivity contribution in [3.8, 4) is 11.5 Å². The fraction of sp³-hybridized carbons (Fsp3) is 0.316. The zero-order valence-corrected chi connectivity index (χ0v) is 14.9. The zero-order valence-electron chi connectivity index (χ0n) is 14.9. The highest BCUT2D eigenvalue weighted by atomic mass is 16.5. The molecule has 0 aromatic heterocycles. The zero-order chi connectivity index (χ0) is 18.1. The quantitative estimate of drug-likeness (QED) is 0.569. The second-order valence-corrected chi connectivity index (χ2v) is 5.30. The van der Waals surface area contributed by atoms with Gasteiger partial charge in [0.1, 0.15) is 0 Å². The molecule has 0 saturated heterocycles. The number of guanidine groups is 1. The molecule has 6 nitrogen and oxygen atoms in total. The van der Waals surface area contributed by atoms with E-state index in [9.17, 15) is 0 Å². The average Bonchev–Trinajstić information content (AvgIpc) is 2.65. The number of nitrogens with two attached hydrogens (primary N) is 1. The van der Waals surface area contributed by atoms with Gasteiger partial charge in [-0.1, -0.05) is 24.3 Å². The molecule has 0 aliphatic carbocycles. The Balaban J connectivity index is 2.05. The Morgan fingerprint density at radius 2 is 1.76 bits per heavy atom. The molecule has 2 aromatic carbocycles. The topological polar surface area (TPSA) is 78.1 Å². The normalized spacial score (nSPS) is 11.2. The lowest BCUT2D eigenvalue weighted by atomic mass is 10.1. The van der Waals surface area contributed by atoms with Crippen LogP contribution in [0, 0.1) is 0 Å². The number of ether oxygens (including phenoxy) is 3. The van der Waals surface area contributed by atoms with Crippen molar-refractivity contribution in [3.05, 3.63) is 53.6 Å². The van der Waals surface area contributed by atoms with Gasteiger partial charge in [-0.05, 0) is 30.2 Å². The van der Waals surface area contributed by atoms with E-state index in [4.69, 9.17) is 19.9 Å². The highest BCUT2D eigenvalue weighted by Crippen LogP contribution is 2.29. The summed E-state index contributed by atoms with van der Waals surface area (Å²) in [6.45, 7) is 3.72. The second kappa shape index (κ2) is 9.54. The van der Waals surface area contributed by atoms with Gasteiger partial charge in [0.05, 0.1) is 27.4 Å². The summed E-state index contributed by atoms with van der Waals surface area (Å²) in [6.07, 6.45) is 0. The summed E-state index contributed by atoms with van der Waals surface area (Å²) in [4.78, 5) is 4.41. The van der Waals surface area contributed by atoms with E-state index in [-0.39, 0.29) is 0 Å². The first kappa shape index (κ1) is 18.6. The van der Waals surface area contributed by atoms with Crippen molar-refractivity contribution in [2.24, 2.45) is 10.7 Å². The van der Waals surface area contributed by atoms with E-state index in [0.29, 0.717) is 37.2 Å². The van der Waals surface area contributed by atoms with Crippen LogP contribution in [0.1, 0.15) is 18.1 Å². The van der Waals surface area contributed by atoms with E-state index in [1.54, 1.807) is 14.2 Å². The summed E-state index contributed by atoms with van der Waals surface area (Å²) in [6, 6.07) is 13.5. The van der Waals surface area contributed by atoms with Crippen molar-refractivity contribution in [3.63, 3.8) is 0 Å². The predicted molar refractivity (Wildman–Crippen MR) is 100 cm³/mol. The number of benzene rings is 2. The Kier molecular flexibility index (Phi) is 7.10. The van der Waals surface area contributed by atoms with Crippen molar-refractivity contribution in [2.75, 3.05) is 26.1 Å². The van der Waals surface area contributed by atoms with Crippen molar-refractivity contribution < 1.29 is 14.2 Å². The molecule has 2 aromatic rings. The molecule has 0 aliphatic heterocycles. The third-order valence-corrected chi connectivity index (χ3v) is 3.66. The standard InChI is InChI=1S/C19H25N3O3/c1-4-25-13-15-8-6-5-7-14(15)12-21-19(20)22-16-9-10-17(23-2)18(11-16)24-3/h5-11H,4,12-13H2,1-3H3,(H3,20,21,22). The van der Waals surface area contributed by atoms with Gasteiger partial charge in [-0.25, -0.2) is 4.99 Å². The highest BCUT2D eigenvalue weighted by Gasteiger charge is 2.06. The molecular formula is C19H25N3O3. The number of hydrogen-bond donors (Lipinski definition) is 2. The Hall–Kier alpha value is -2.73. The van der Waals surface area contributed by atoms with E-state index in [1.807, 2.05) is 49.4 Å². The van der Waals surface area contributed by atoms with Crippen LogP contribution in [0.3, 0.4) is 0 Å². The lowest BCUT2D eigenvalue weighted by Gasteiger charge is -2.11. The average molecular weight is 343 g/mol. The van der Waals surface area contributed by atoms with Crippen LogP contribution in [0.25, 0.3) is 0 Å². The number of methoxy groups -OCH3 is 2. The molecule has 0 atom stereocenters. The summed E-state index contributed by atoms with van der Waals surface area (Å²) in [5.74, 6) is 1.62. The second-order valence-electron chi connectivity index (χ2n) is 5.30. The van der Waals surface area contributed by atoms with Crippen molar-refractivity contribution >= 4 is 11.6 Å². The molecule has 25 heavy (non-hydrogen) atoms. The number of hydrogen-bond acceptors (Lipinski definition) is 4. The first-order chi connectivity index (χ1) is 12.2. The minimum absolute atomic E-state index is 0.332. The van der Waals surface area contributed by atoms with E-state index in [2.05, 4.69) is 10.3 Å². The lowest BCUT2D eigenvalue weighted by molar-refractivity contribution is 0.133. The molecule has 0 heterocycles. The first-order valence-electron chi connectivity index (χ1n) is 8.11. The number of nitrogens with one attached hydrogen (secondary N) is 1. The van der Waals surface area contributed by atoms with Crippen LogP contribution in [0.5, 0.6) is 11.5 Å². The maximum atomic E-state index is 6.00. The summed E-state index contributed by atoms with van der Waals surface area (Å²) in [5.41, 5.74) is 8.99. The molecule has 0 aliphatic rings. The lowest BCUT2D eigenvalue weighted by Crippen LogP contribution is -2.22. The van der Waals surface area contributed by atoms with E-state index in [1.165, 1.54) is 0 Å². The van der Waals surface area contributed by atoms with Crippen LogP contribution in [0.15, 0.2) is 47.5 Å². The summed E-state index contributed by atoms with van der Waals surface area (Å²) in [5, 5.41) is 3.06. The minimum Gasteiger partial charge on any atom is -0.493 e. The van der Waals surface area contributed by atoms with Gasteiger partial charge in [-0.3, -0.25) is 0 Å². The highest BCUT2D eigenvalue weighted by molar-refractivity contribution is 5.92. The Labute approximate surface area is 148 Å². The molecule has 2 rings (SSSR count). The fourth-order valence-electron chi connectivity index (χ4n) is 2.34. The van der Waals surface area contributed by atoms with Crippen LogP contribution in [0.2, 0.25) is 0 Å². The van der Waals surface area contributed by atoms with Gasteiger partial charge >= 0.3 is 0 Å². The molecule has 3 N–H and O–H groups in total. The van der Waals surface area contributed by atoms with Crippen LogP contribution >= 0.6 is 0 Å². The number of nitrogens with zero attached hydrogens (tertiary/aromatic N) is 1. The van der Waals surface area contributed by atoms with Gasteiger partial charge in [0.25, 0.3) is 0 Å². The monoisotopic (exact) mass is 343 g/mol. The Bertz CT molecular complexity index is 717. The van der Waals surface area contributed by atoms with Crippen LogP contribution < -0.4 is 20.5 Å². The maximum Gasteiger partial charge on any atom is 0.193 e. The van der Waals surface area contributed by atoms with Crippen molar-refractivity contribution in [1.29, 1.82) is 0 Å². The molecule has 0 saturated carbocycles. The molecular weight excluding hydrogens is 318 g/mol. The summed E-state index contributed by atoms with van der Waals surface area (Å²) in [7, 11) is 3.19. The van der Waals surface area contributed by atoms with Gasteiger partial charge in [0.2, 0.25) is 0 Å². The molecule has 0 radical (unpaired) electrons. The molecule has 0 spiro atoms. The smallest absolute Gasteiger partial charge is 0.193 e. The summed E-state index contributed by atoms with van der Waals surface area (Å²) < 4.78 is 16.0. The predicted octanol–water partition coefficient (Wildman–Crippen LogP) is 3.17. The molecule has 0 fully saturated rings. The molecule has 0 amide bonds. The van der Waals surface area contributed by atoms with Gasteiger partial charge in [-0.2, -0.15) is 0 Å². The van der Waals surface area contributed by atoms with Crippen LogP contribution in [0.4, 0.5) is 5.69 Å². The third-order valence-electron chi connectivity index (χ3n) is 3.66. The maximum absolute atomic E-state index is 6.00.